The number of hydrogen-bond donors (Lipinski definition) is 7. The molecule has 0 aromatic rings. The molecule has 0 aliphatic carbocycles. The second kappa shape index (κ2) is 45.7. The average Bonchev–Trinajstić information content (AvgIpc) is 3.32. The largest absolute Gasteiger partial charge is 0.397 e. The Bertz CT molecular complexity index is 1250. The summed E-state index contributed by atoms with van der Waals surface area (Å²) in [6, 6.07) is -1.03. The molecule has 1 fully saturated rings. The third-order valence-corrected chi connectivity index (χ3v) is 14.7. The van der Waals surface area contributed by atoms with E-state index in [0.29, 0.717) is 19.3 Å². The van der Waals surface area contributed by atoms with Crippen LogP contribution in [-0.4, -0.2) is 107 Å². The van der Waals surface area contributed by atoms with Gasteiger partial charge in [-0.2, -0.15) is 8.42 Å². The second-order valence-corrected chi connectivity index (χ2v) is 21.8. The number of carbonyl (C=O) groups is 1. The number of ether oxygens (including phenoxy) is 2. The number of aliphatic hydroxyl groups is 5. The van der Waals surface area contributed by atoms with Crippen molar-refractivity contribution in [1.29, 1.82) is 0 Å². The summed E-state index contributed by atoms with van der Waals surface area (Å²) in [6.07, 6.45) is 39.9. The summed E-state index contributed by atoms with van der Waals surface area (Å²) in [6.45, 7) is 3.34. The van der Waals surface area contributed by atoms with E-state index in [-0.39, 0.29) is 6.42 Å². The molecule has 1 rings (SSSR count). The van der Waals surface area contributed by atoms with Crippen LogP contribution >= 0.6 is 0 Å². The van der Waals surface area contributed by atoms with Gasteiger partial charge in [0.25, 0.3) is 0 Å². The highest BCUT2D eigenvalue weighted by Crippen LogP contribution is 2.26. The summed E-state index contributed by atoms with van der Waals surface area (Å²) in [5.41, 5.74) is 0. The van der Waals surface area contributed by atoms with E-state index >= 15 is 0 Å². The molecule has 7 N–H and O–H groups in total. The van der Waals surface area contributed by atoms with E-state index in [2.05, 4.69) is 23.3 Å². The molecule has 8 unspecified atom stereocenters. The molecule has 1 saturated heterocycles. The fourth-order valence-corrected chi connectivity index (χ4v) is 10.2. The molecule has 14 heteroatoms. The van der Waals surface area contributed by atoms with Gasteiger partial charge in [-0.1, -0.05) is 271 Å². The van der Waals surface area contributed by atoms with Crippen molar-refractivity contribution in [3.05, 3.63) is 0 Å². The van der Waals surface area contributed by atoms with Crippen molar-refractivity contribution in [2.24, 2.45) is 0 Å². The van der Waals surface area contributed by atoms with E-state index in [0.717, 1.165) is 38.5 Å². The molecule has 1 amide bonds. The van der Waals surface area contributed by atoms with Gasteiger partial charge >= 0.3 is 10.4 Å². The van der Waals surface area contributed by atoms with Crippen LogP contribution in [0.15, 0.2) is 0 Å². The van der Waals surface area contributed by atoms with Gasteiger partial charge in [0.15, 0.2) is 6.29 Å². The molecule has 1 heterocycles. The van der Waals surface area contributed by atoms with Crippen molar-refractivity contribution in [2.45, 2.75) is 332 Å². The molecule has 1 aliphatic heterocycles. The number of amides is 1. The minimum Gasteiger partial charge on any atom is -0.394 e. The van der Waals surface area contributed by atoms with E-state index < -0.39 is 78.5 Å². The maximum absolute atomic E-state index is 13.2. The lowest BCUT2D eigenvalue weighted by atomic mass is 9.99. The lowest BCUT2D eigenvalue weighted by molar-refractivity contribution is -0.298. The molecule has 0 bridgehead atoms. The van der Waals surface area contributed by atoms with Crippen molar-refractivity contribution in [2.75, 3.05) is 13.2 Å². The summed E-state index contributed by atoms with van der Waals surface area (Å²) < 4.78 is 47.8. The van der Waals surface area contributed by atoms with Crippen LogP contribution < -0.4 is 5.32 Å². The van der Waals surface area contributed by atoms with E-state index in [1.807, 2.05) is 0 Å². The van der Waals surface area contributed by atoms with Crippen LogP contribution in [0.4, 0.5) is 0 Å². The first-order chi connectivity index (χ1) is 33.4. The highest BCUT2D eigenvalue weighted by atomic mass is 32.3. The van der Waals surface area contributed by atoms with Gasteiger partial charge in [-0.25, -0.2) is 4.18 Å². The van der Waals surface area contributed by atoms with Gasteiger partial charge in [0.2, 0.25) is 5.91 Å². The van der Waals surface area contributed by atoms with Crippen molar-refractivity contribution < 1.29 is 57.0 Å². The van der Waals surface area contributed by atoms with Crippen LogP contribution in [0.1, 0.15) is 284 Å². The maximum atomic E-state index is 13.2. The summed E-state index contributed by atoms with van der Waals surface area (Å²) in [5.74, 6) is -0.662. The molecule has 0 aromatic heterocycles. The maximum Gasteiger partial charge on any atom is 0.397 e. The molecule has 0 saturated carbocycles. The zero-order valence-electron chi connectivity index (χ0n) is 44.3. The van der Waals surface area contributed by atoms with Crippen LogP contribution in [0.2, 0.25) is 0 Å². The topological polar surface area (TPSA) is 212 Å². The molecular formula is C55H109NO12S. The van der Waals surface area contributed by atoms with Gasteiger partial charge in [-0.15, -0.1) is 0 Å². The first-order valence-corrected chi connectivity index (χ1v) is 30.4. The number of rotatable bonds is 51. The summed E-state index contributed by atoms with van der Waals surface area (Å²) in [7, 11) is -5.11. The molecular weight excluding hydrogens is 899 g/mol. The third kappa shape index (κ3) is 37.5. The highest BCUT2D eigenvalue weighted by molar-refractivity contribution is 7.80. The SMILES string of the molecule is CCCCCCCCCCCCCCCCCCCCCCCCC(O)C(=O)NC(COC1OC(CO)C(O)C(OS(=O)(=O)O)C1O)C(O)CCCCCCCCCCCCCCCCCCCC. The van der Waals surface area contributed by atoms with Gasteiger partial charge in [0.1, 0.15) is 30.5 Å². The molecule has 13 nitrogen and oxygen atoms in total. The van der Waals surface area contributed by atoms with Crippen molar-refractivity contribution >= 4 is 16.3 Å². The molecule has 0 radical (unpaired) electrons. The zero-order chi connectivity index (χ0) is 50.6. The second-order valence-electron chi connectivity index (χ2n) is 20.7. The van der Waals surface area contributed by atoms with Gasteiger partial charge in [0, 0.05) is 0 Å². The van der Waals surface area contributed by atoms with E-state index in [1.165, 1.54) is 205 Å². The first-order valence-electron chi connectivity index (χ1n) is 29.0. The Morgan fingerprint density at radius 2 is 0.841 bits per heavy atom. The minimum atomic E-state index is -5.11. The van der Waals surface area contributed by atoms with E-state index in [4.69, 9.17) is 9.47 Å². The molecule has 8 atom stereocenters. The smallest absolute Gasteiger partial charge is 0.394 e. The van der Waals surface area contributed by atoms with Crippen molar-refractivity contribution in [3.8, 4) is 0 Å². The summed E-state index contributed by atoms with van der Waals surface area (Å²) in [5, 5.41) is 55.7. The van der Waals surface area contributed by atoms with Gasteiger partial charge in [-0.3, -0.25) is 9.35 Å². The third-order valence-electron chi connectivity index (χ3n) is 14.3. The van der Waals surface area contributed by atoms with Gasteiger partial charge < -0.3 is 40.3 Å². The van der Waals surface area contributed by atoms with Crippen LogP contribution in [0.25, 0.3) is 0 Å². The van der Waals surface area contributed by atoms with Crippen LogP contribution in [0.3, 0.4) is 0 Å². The van der Waals surface area contributed by atoms with Gasteiger partial charge in [0.05, 0.1) is 25.4 Å². The summed E-state index contributed by atoms with van der Waals surface area (Å²) >= 11 is 0. The molecule has 412 valence electrons. The van der Waals surface area contributed by atoms with E-state index in [9.17, 15) is 43.3 Å². The van der Waals surface area contributed by atoms with Gasteiger partial charge in [-0.05, 0) is 12.8 Å². The normalized spacial score (nSPS) is 20.0. The Kier molecular flexibility index (Phi) is 43.7. The predicted molar refractivity (Wildman–Crippen MR) is 279 cm³/mol. The van der Waals surface area contributed by atoms with Crippen molar-refractivity contribution in [3.63, 3.8) is 0 Å². The van der Waals surface area contributed by atoms with E-state index in [1.54, 1.807) is 0 Å². The predicted octanol–water partition coefficient (Wildman–Crippen LogP) is 12.3. The number of nitrogens with one attached hydrogen (secondary N) is 1. The van der Waals surface area contributed by atoms with Crippen molar-refractivity contribution in [1.82, 2.24) is 5.32 Å². The Morgan fingerprint density at radius 3 is 1.16 bits per heavy atom. The fraction of sp³-hybridized carbons (Fsp3) is 0.982. The molecule has 0 spiro atoms. The lowest BCUT2D eigenvalue weighted by Crippen LogP contribution is -2.61. The number of aliphatic hydroxyl groups excluding tert-OH is 5. The molecule has 69 heavy (non-hydrogen) atoms. The van der Waals surface area contributed by atoms with Crippen LogP contribution in [0, 0.1) is 0 Å². The Morgan fingerprint density at radius 1 is 0.522 bits per heavy atom. The molecule has 1 aliphatic rings. The Labute approximate surface area is 422 Å². The first kappa shape index (κ1) is 66.1. The fourth-order valence-electron chi connectivity index (χ4n) is 9.71. The lowest BCUT2D eigenvalue weighted by Gasteiger charge is -2.41. The quantitative estimate of drug-likeness (QED) is 0.0224. The standard InChI is InChI=1S/C55H109NO12S/c1-3-5-7-9-11-13-15-17-19-21-23-24-25-26-28-30-32-34-36-38-40-42-44-49(59)54(62)56-47(46-66-55-52(61)53(68-69(63,64)65)51(60)50(45-57)67-55)48(58)43-41-39-37-35-33-31-29-27-22-20-18-16-14-12-10-8-6-4-2/h47-53,55,57-61H,3-46H2,1-2H3,(H,56,62)(H,63,64,65). The Balaban J connectivity index is 2.39. The van der Waals surface area contributed by atoms with Crippen LogP contribution in [0.5, 0.6) is 0 Å². The number of hydrogen-bond acceptors (Lipinski definition) is 11. The Hall–Kier alpha value is -0.940. The minimum absolute atomic E-state index is 0.267. The monoisotopic (exact) mass is 1010 g/mol. The average molecular weight is 1010 g/mol. The zero-order valence-corrected chi connectivity index (χ0v) is 45.1. The number of carbonyl (C=O) groups excluding carboxylic acids is 1. The molecule has 0 aromatic carbocycles. The number of unbranched alkanes of at least 4 members (excludes halogenated alkanes) is 38. The highest BCUT2D eigenvalue weighted by Gasteiger charge is 2.48. The summed E-state index contributed by atoms with van der Waals surface area (Å²) in [4.78, 5) is 13.2. The van der Waals surface area contributed by atoms with Crippen LogP contribution in [-0.2, 0) is 28.9 Å².